The number of nitrogens with one attached hydrogen (secondary N) is 1. The molecule has 2 N–H and O–H groups in total. The van der Waals surface area contributed by atoms with Crippen molar-refractivity contribution < 1.29 is 14.7 Å². The third-order valence-corrected chi connectivity index (χ3v) is 3.59. The second-order valence-corrected chi connectivity index (χ2v) is 4.99. The van der Waals surface area contributed by atoms with Gasteiger partial charge in [-0.3, -0.25) is 4.79 Å². The minimum Gasteiger partial charge on any atom is -0.481 e. The second kappa shape index (κ2) is 5.89. The predicted molar refractivity (Wildman–Crippen MR) is 64.7 cm³/mol. The zero-order chi connectivity index (χ0) is 13.0. The van der Waals surface area contributed by atoms with Crippen molar-refractivity contribution in [1.82, 2.24) is 10.2 Å². The highest BCUT2D eigenvalue weighted by Crippen LogP contribution is 2.23. The van der Waals surface area contributed by atoms with Gasteiger partial charge in [-0.25, -0.2) is 4.79 Å². The molecule has 98 valence electrons. The summed E-state index contributed by atoms with van der Waals surface area (Å²) in [4.78, 5) is 24.1. The smallest absolute Gasteiger partial charge is 0.317 e. The normalized spacial score (nSPS) is 19.4. The van der Waals surface area contributed by atoms with Crippen LogP contribution in [0.3, 0.4) is 0 Å². The summed E-state index contributed by atoms with van der Waals surface area (Å²) in [5, 5.41) is 11.7. The maximum Gasteiger partial charge on any atom is 0.317 e. The molecule has 17 heavy (non-hydrogen) atoms. The van der Waals surface area contributed by atoms with E-state index in [1.807, 2.05) is 0 Å². The second-order valence-electron chi connectivity index (χ2n) is 4.99. The fourth-order valence-electron chi connectivity index (χ4n) is 1.71. The topological polar surface area (TPSA) is 69.6 Å². The van der Waals surface area contributed by atoms with E-state index in [9.17, 15) is 9.59 Å². The molecule has 2 unspecified atom stereocenters. The summed E-state index contributed by atoms with van der Waals surface area (Å²) in [7, 11) is 0. The number of urea groups is 1. The molecule has 1 heterocycles. The molecule has 1 fully saturated rings. The Kier molecular flexibility index (Phi) is 4.78. The maximum atomic E-state index is 11.7. The molecular formula is C12H22N2O3. The third kappa shape index (κ3) is 3.61. The van der Waals surface area contributed by atoms with E-state index in [1.165, 1.54) is 0 Å². The van der Waals surface area contributed by atoms with E-state index in [1.54, 1.807) is 11.8 Å². The van der Waals surface area contributed by atoms with Crippen molar-refractivity contribution in [2.75, 3.05) is 19.6 Å². The maximum absolute atomic E-state index is 11.7. The number of rotatable bonds is 5. The largest absolute Gasteiger partial charge is 0.481 e. The predicted octanol–water partition coefficient (Wildman–Crippen LogP) is 1.39. The zero-order valence-electron chi connectivity index (χ0n) is 10.8. The van der Waals surface area contributed by atoms with E-state index in [4.69, 9.17) is 5.11 Å². The van der Waals surface area contributed by atoms with Crippen molar-refractivity contribution in [2.24, 2.45) is 17.8 Å². The van der Waals surface area contributed by atoms with Crippen LogP contribution in [0.15, 0.2) is 0 Å². The van der Waals surface area contributed by atoms with Crippen molar-refractivity contribution in [1.29, 1.82) is 0 Å². The van der Waals surface area contributed by atoms with Crippen LogP contribution in [0.2, 0.25) is 0 Å². The molecule has 1 aliphatic rings. The fourth-order valence-corrected chi connectivity index (χ4v) is 1.71. The number of carbonyl (C=O) groups is 2. The van der Waals surface area contributed by atoms with Crippen LogP contribution in [0, 0.1) is 17.8 Å². The summed E-state index contributed by atoms with van der Waals surface area (Å²) in [5.41, 5.74) is 0. The van der Waals surface area contributed by atoms with E-state index >= 15 is 0 Å². The van der Waals surface area contributed by atoms with Gasteiger partial charge in [-0.2, -0.15) is 0 Å². The van der Waals surface area contributed by atoms with Crippen LogP contribution in [0.4, 0.5) is 4.79 Å². The molecule has 1 rings (SSSR count). The van der Waals surface area contributed by atoms with Crippen LogP contribution < -0.4 is 5.32 Å². The highest BCUT2D eigenvalue weighted by atomic mass is 16.4. The van der Waals surface area contributed by atoms with Gasteiger partial charge < -0.3 is 15.3 Å². The first-order chi connectivity index (χ1) is 7.95. The van der Waals surface area contributed by atoms with Gasteiger partial charge in [-0.05, 0) is 5.92 Å². The Morgan fingerprint density at radius 1 is 1.41 bits per heavy atom. The summed E-state index contributed by atoms with van der Waals surface area (Å²) >= 11 is 0. The third-order valence-electron chi connectivity index (χ3n) is 3.59. The van der Waals surface area contributed by atoms with Gasteiger partial charge in [0, 0.05) is 25.6 Å². The average Bonchev–Trinajstić information content (AvgIpc) is 2.23. The SMILES string of the molecule is CCC(C)CNC(=O)N1CC(C(C)C(=O)O)C1. The Balaban J connectivity index is 2.23. The first kappa shape index (κ1) is 13.8. The number of carbonyl (C=O) groups excluding carboxylic acids is 1. The molecule has 5 heteroatoms. The lowest BCUT2D eigenvalue weighted by molar-refractivity contribution is -0.144. The monoisotopic (exact) mass is 242 g/mol. The molecule has 0 aliphatic carbocycles. The van der Waals surface area contributed by atoms with Gasteiger partial charge in [-0.15, -0.1) is 0 Å². The Hall–Kier alpha value is -1.26. The van der Waals surface area contributed by atoms with Gasteiger partial charge in [-0.1, -0.05) is 27.2 Å². The van der Waals surface area contributed by atoms with E-state index in [-0.39, 0.29) is 17.9 Å². The number of hydrogen-bond donors (Lipinski definition) is 2. The van der Waals surface area contributed by atoms with Crippen LogP contribution in [0.25, 0.3) is 0 Å². The first-order valence-electron chi connectivity index (χ1n) is 6.21. The lowest BCUT2D eigenvalue weighted by atomic mass is 9.87. The number of carboxylic acid groups (broad SMARTS) is 1. The number of nitrogens with zero attached hydrogens (tertiary/aromatic N) is 1. The van der Waals surface area contributed by atoms with Gasteiger partial charge in [0.05, 0.1) is 5.92 Å². The minimum absolute atomic E-state index is 0.0702. The highest BCUT2D eigenvalue weighted by Gasteiger charge is 2.37. The molecule has 0 aromatic rings. The molecule has 1 saturated heterocycles. The molecule has 0 bridgehead atoms. The van der Waals surface area contributed by atoms with Crippen LogP contribution in [0.5, 0.6) is 0 Å². The zero-order valence-corrected chi connectivity index (χ0v) is 10.8. The van der Waals surface area contributed by atoms with Crippen molar-refractivity contribution in [3.63, 3.8) is 0 Å². The molecule has 0 radical (unpaired) electrons. The fraction of sp³-hybridized carbons (Fsp3) is 0.833. The molecule has 0 spiro atoms. The van der Waals surface area contributed by atoms with Gasteiger partial charge in [0.25, 0.3) is 0 Å². The lowest BCUT2D eigenvalue weighted by Crippen LogP contribution is -2.56. The van der Waals surface area contributed by atoms with E-state index < -0.39 is 5.97 Å². The van der Waals surface area contributed by atoms with Crippen LogP contribution >= 0.6 is 0 Å². The number of likely N-dealkylation sites (tertiary alicyclic amines) is 1. The lowest BCUT2D eigenvalue weighted by Gasteiger charge is -2.41. The number of amides is 2. The van der Waals surface area contributed by atoms with Gasteiger partial charge in [0.1, 0.15) is 0 Å². The summed E-state index contributed by atoms with van der Waals surface area (Å²) in [6, 6.07) is -0.0702. The molecule has 0 aromatic carbocycles. The Bertz CT molecular complexity index is 287. The standard InChI is InChI=1S/C12H22N2O3/c1-4-8(2)5-13-12(17)14-6-10(7-14)9(3)11(15)16/h8-10H,4-7H2,1-3H3,(H,13,17)(H,15,16). The average molecular weight is 242 g/mol. The van der Waals surface area contributed by atoms with Crippen molar-refractivity contribution >= 4 is 12.0 Å². The van der Waals surface area contributed by atoms with E-state index in [0.717, 1.165) is 6.42 Å². The molecule has 2 atom stereocenters. The molecule has 0 aromatic heterocycles. The molecule has 1 aliphatic heterocycles. The molecule has 2 amide bonds. The number of hydrogen-bond acceptors (Lipinski definition) is 2. The molecule has 0 saturated carbocycles. The van der Waals surface area contributed by atoms with Crippen molar-refractivity contribution in [3.05, 3.63) is 0 Å². The van der Waals surface area contributed by atoms with Crippen molar-refractivity contribution in [3.8, 4) is 0 Å². The Labute approximate surface area is 102 Å². The summed E-state index contributed by atoms with van der Waals surface area (Å²) in [6.07, 6.45) is 1.04. The summed E-state index contributed by atoms with van der Waals surface area (Å²) in [6.45, 7) is 7.67. The molecular weight excluding hydrogens is 220 g/mol. The summed E-state index contributed by atoms with van der Waals surface area (Å²) in [5.74, 6) is -0.570. The van der Waals surface area contributed by atoms with Crippen LogP contribution in [0.1, 0.15) is 27.2 Å². The highest BCUT2D eigenvalue weighted by molar-refractivity contribution is 5.76. The first-order valence-corrected chi connectivity index (χ1v) is 6.21. The van der Waals surface area contributed by atoms with Gasteiger partial charge in [0.15, 0.2) is 0 Å². The summed E-state index contributed by atoms with van der Waals surface area (Å²) < 4.78 is 0. The van der Waals surface area contributed by atoms with Crippen LogP contribution in [-0.2, 0) is 4.79 Å². The van der Waals surface area contributed by atoms with Gasteiger partial charge in [0.2, 0.25) is 0 Å². The quantitative estimate of drug-likeness (QED) is 0.765. The Morgan fingerprint density at radius 3 is 2.47 bits per heavy atom. The van der Waals surface area contributed by atoms with E-state index in [0.29, 0.717) is 25.6 Å². The van der Waals surface area contributed by atoms with Gasteiger partial charge >= 0.3 is 12.0 Å². The number of aliphatic carboxylic acids is 1. The number of carboxylic acids is 1. The molecule has 5 nitrogen and oxygen atoms in total. The van der Waals surface area contributed by atoms with Crippen molar-refractivity contribution in [2.45, 2.75) is 27.2 Å². The Morgan fingerprint density at radius 2 is 2.00 bits per heavy atom. The van der Waals surface area contributed by atoms with Crippen LogP contribution in [-0.4, -0.2) is 41.6 Å². The minimum atomic E-state index is -0.783. The van der Waals surface area contributed by atoms with E-state index in [2.05, 4.69) is 19.2 Å².